The van der Waals surface area contributed by atoms with Crippen molar-refractivity contribution in [3.8, 4) is 0 Å². The van der Waals surface area contributed by atoms with Gasteiger partial charge in [-0.25, -0.2) is 0 Å². The highest BCUT2D eigenvalue weighted by Gasteiger charge is 2.50. The van der Waals surface area contributed by atoms with Crippen molar-refractivity contribution in [1.82, 2.24) is 20.9 Å². The van der Waals surface area contributed by atoms with Crippen molar-refractivity contribution in [2.24, 2.45) is 5.92 Å². The Balaban J connectivity index is 1.42. The number of nitrogens with one attached hydrogen (secondary N) is 3. The zero-order valence-corrected chi connectivity index (χ0v) is 19.8. The van der Waals surface area contributed by atoms with E-state index in [2.05, 4.69) is 16.0 Å². The number of rotatable bonds is 11. The van der Waals surface area contributed by atoms with Gasteiger partial charge in [0.2, 0.25) is 17.7 Å². The van der Waals surface area contributed by atoms with Gasteiger partial charge in [0.05, 0.1) is 39.0 Å². The van der Waals surface area contributed by atoms with Gasteiger partial charge >= 0.3 is 0 Å². The van der Waals surface area contributed by atoms with Crippen LogP contribution in [0.15, 0.2) is 0 Å². The summed E-state index contributed by atoms with van der Waals surface area (Å²) in [6, 6.07) is -1.39. The number of hydrogen-bond donors (Lipinski definition) is 3. The zero-order chi connectivity index (χ0) is 23.8. The second kappa shape index (κ2) is 11.9. The van der Waals surface area contributed by atoms with Gasteiger partial charge in [0.25, 0.3) is 0 Å². The molecule has 3 N–H and O–H groups in total. The second-order valence-electron chi connectivity index (χ2n) is 9.64. The summed E-state index contributed by atoms with van der Waals surface area (Å²) in [6.07, 6.45) is 6.25. The maximum absolute atomic E-state index is 12.9. The molecular formula is C23H38N4O6. The van der Waals surface area contributed by atoms with Gasteiger partial charge in [-0.3, -0.25) is 24.1 Å². The average Bonchev–Trinajstić information content (AvgIpc) is 3.56. The molecule has 0 aromatic rings. The fraction of sp³-hybridized carbons (Fsp3) is 0.826. The number of ether oxygens (including phenoxy) is 2. The second-order valence-corrected chi connectivity index (χ2v) is 9.64. The highest BCUT2D eigenvalue weighted by atomic mass is 16.6. The van der Waals surface area contributed by atoms with E-state index in [9.17, 15) is 19.2 Å². The summed E-state index contributed by atoms with van der Waals surface area (Å²) in [5.41, 5.74) is -0.810. The molecule has 10 heteroatoms. The van der Waals surface area contributed by atoms with E-state index in [1.54, 1.807) is 13.8 Å². The summed E-state index contributed by atoms with van der Waals surface area (Å²) in [7, 11) is 0. The molecule has 3 rings (SSSR count). The molecule has 1 aliphatic carbocycles. The van der Waals surface area contributed by atoms with Crippen LogP contribution < -0.4 is 16.0 Å². The minimum Gasteiger partial charge on any atom is -0.379 e. The fourth-order valence-corrected chi connectivity index (χ4v) is 4.49. The maximum Gasteiger partial charge on any atom is 0.242 e. The normalized spacial score (nSPS) is 25.5. The lowest BCUT2D eigenvalue weighted by Crippen LogP contribution is -2.52. The van der Waals surface area contributed by atoms with Crippen molar-refractivity contribution >= 4 is 23.5 Å². The van der Waals surface area contributed by atoms with Crippen LogP contribution in [-0.2, 0) is 28.7 Å². The first-order chi connectivity index (χ1) is 15.8. The van der Waals surface area contributed by atoms with Gasteiger partial charge in [-0.05, 0) is 26.2 Å². The Kier molecular flexibility index (Phi) is 9.22. The number of ketones is 1. The first-order valence-corrected chi connectivity index (χ1v) is 12.1. The standard InChI is InChI=1S/C23H38N4O6/c1-16(25-20(29)14-27-8-10-32-11-9-27)22(31)24-13-19(28)26-18(21(30)23(2)15-33-23)12-17-6-4-3-5-7-17/h16-18H,3-15H2,1-2H3,(H,24,31)(H,25,29)(H,26,28)/t16?,18-,23?/m0/s1. The number of nitrogens with zero attached hydrogens (tertiary/aromatic N) is 1. The molecule has 3 atom stereocenters. The topological polar surface area (TPSA) is 129 Å². The number of amides is 3. The predicted octanol–water partition coefficient (Wildman–Crippen LogP) is -0.247. The molecule has 3 fully saturated rings. The summed E-state index contributed by atoms with van der Waals surface area (Å²) >= 11 is 0. The van der Waals surface area contributed by atoms with Crippen molar-refractivity contribution in [2.75, 3.05) is 46.0 Å². The lowest BCUT2D eigenvalue weighted by molar-refractivity contribution is -0.132. The third kappa shape index (κ3) is 8.04. The summed E-state index contributed by atoms with van der Waals surface area (Å²) in [4.78, 5) is 51.9. The summed E-state index contributed by atoms with van der Waals surface area (Å²) < 4.78 is 10.6. The van der Waals surface area contributed by atoms with Crippen LogP contribution in [0.4, 0.5) is 0 Å². The Morgan fingerprint density at radius 3 is 2.33 bits per heavy atom. The molecule has 10 nitrogen and oxygen atoms in total. The number of morpholine rings is 1. The molecule has 0 spiro atoms. The molecule has 2 aliphatic heterocycles. The maximum atomic E-state index is 12.9. The largest absolute Gasteiger partial charge is 0.379 e. The van der Waals surface area contributed by atoms with Crippen molar-refractivity contribution in [2.45, 2.75) is 70.1 Å². The van der Waals surface area contributed by atoms with E-state index in [1.807, 2.05) is 4.90 Å². The molecule has 0 aromatic heterocycles. The molecule has 0 aromatic carbocycles. The smallest absolute Gasteiger partial charge is 0.242 e. The van der Waals surface area contributed by atoms with Gasteiger partial charge < -0.3 is 25.4 Å². The third-order valence-corrected chi connectivity index (χ3v) is 6.71. The minimum atomic E-state index is -0.810. The molecule has 3 aliphatic rings. The van der Waals surface area contributed by atoms with Gasteiger partial charge in [0, 0.05) is 13.1 Å². The Bertz CT molecular complexity index is 714. The SMILES string of the molecule is CC(NC(=O)CN1CCOCC1)C(=O)NCC(=O)N[C@@H](CC1CCCCC1)C(=O)C1(C)CO1. The Morgan fingerprint density at radius 2 is 1.70 bits per heavy atom. The first-order valence-electron chi connectivity index (χ1n) is 12.1. The van der Waals surface area contributed by atoms with Crippen molar-refractivity contribution in [1.29, 1.82) is 0 Å². The van der Waals surface area contributed by atoms with Gasteiger partial charge in [0.15, 0.2) is 5.78 Å². The molecule has 2 unspecified atom stereocenters. The van der Waals surface area contributed by atoms with E-state index < -0.39 is 29.5 Å². The monoisotopic (exact) mass is 466 g/mol. The van der Waals surface area contributed by atoms with Crippen molar-refractivity contribution in [3.05, 3.63) is 0 Å². The van der Waals surface area contributed by atoms with E-state index in [-0.39, 0.29) is 24.8 Å². The lowest BCUT2D eigenvalue weighted by atomic mass is 9.82. The molecular weight excluding hydrogens is 428 g/mol. The number of Topliss-reactive ketones (excluding diaryl/α,β-unsaturated/α-hetero) is 1. The van der Waals surface area contributed by atoms with Crippen LogP contribution >= 0.6 is 0 Å². The van der Waals surface area contributed by atoms with E-state index in [4.69, 9.17) is 9.47 Å². The van der Waals surface area contributed by atoms with Crippen LogP contribution in [0, 0.1) is 5.92 Å². The van der Waals surface area contributed by atoms with Crippen LogP contribution in [0.3, 0.4) is 0 Å². The highest BCUT2D eigenvalue weighted by Crippen LogP contribution is 2.32. The Hall–Kier alpha value is -2.04. The molecule has 3 amide bonds. The van der Waals surface area contributed by atoms with E-state index in [0.717, 1.165) is 25.7 Å². The molecule has 2 saturated heterocycles. The summed E-state index contributed by atoms with van der Waals surface area (Å²) in [5, 5.41) is 8.02. The van der Waals surface area contributed by atoms with Gasteiger partial charge in [-0.1, -0.05) is 32.1 Å². The minimum absolute atomic E-state index is 0.100. The molecule has 2 heterocycles. The molecule has 0 radical (unpaired) electrons. The molecule has 0 bridgehead atoms. The lowest BCUT2D eigenvalue weighted by Gasteiger charge is -2.27. The van der Waals surface area contributed by atoms with Gasteiger partial charge in [-0.15, -0.1) is 0 Å². The Morgan fingerprint density at radius 1 is 1.03 bits per heavy atom. The molecule has 1 saturated carbocycles. The highest BCUT2D eigenvalue weighted by molar-refractivity contribution is 5.97. The third-order valence-electron chi connectivity index (χ3n) is 6.71. The van der Waals surface area contributed by atoms with E-state index in [1.165, 1.54) is 6.42 Å². The van der Waals surface area contributed by atoms with Crippen LogP contribution in [0.5, 0.6) is 0 Å². The fourth-order valence-electron chi connectivity index (χ4n) is 4.49. The number of carbonyl (C=O) groups is 4. The van der Waals surface area contributed by atoms with Gasteiger partial charge in [0.1, 0.15) is 11.6 Å². The number of hydrogen-bond acceptors (Lipinski definition) is 7. The summed E-state index contributed by atoms with van der Waals surface area (Å²) in [5.74, 6) is -0.815. The van der Waals surface area contributed by atoms with Crippen molar-refractivity contribution < 1.29 is 28.7 Å². The van der Waals surface area contributed by atoms with Crippen LogP contribution in [0.2, 0.25) is 0 Å². The predicted molar refractivity (Wildman–Crippen MR) is 120 cm³/mol. The van der Waals surface area contributed by atoms with Crippen LogP contribution in [0.25, 0.3) is 0 Å². The molecule has 186 valence electrons. The number of carbonyl (C=O) groups excluding carboxylic acids is 4. The summed E-state index contributed by atoms with van der Waals surface area (Å²) in [6.45, 7) is 6.19. The zero-order valence-electron chi connectivity index (χ0n) is 19.8. The van der Waals surface area contributed by atoms with Crippen molar-refractivity contribution in [3.63, 3.8) is 0 Å². The van der Waals surface area contributed by atoms with E-state index >= 15 is 0 Å². The van der Waals surface area contributed by atoms with E-state index in [0.29, 0.717) is 45.2 Å². The average molecular weight is 467 g/mol. The van der Waals surface area contributed by atoms with Gasteiger partial charge in [-0.2, -0.15) is 0 Å². The van der Waals surface area contributed by atoms with Crippen LogP contribution in [0.1, 0.15) is 52.4 Å². The number of epoxide rings is 1. The van der Waals surface area contributed by atoms with Crippen LogP contribution in [-0.4, -0.2) is 92.1 Å². The quantitative estimate of drug-likeness (QED) is 0.358. The molecule has 33 heavy (non-hydrogen) atoms. The Labute approximate surface area is 195 Å². The first kappa shape index (κ1) is 25.6.